The maximum atomic E-state index is 12.6. The first-order valence-electron chi connectivity index (χ1n) is 9.01. The highest BCUT2D eigenvalue weighted by Gasteiger charge is 2.37. The summed E-state index contributed by atoms with van der Waals surface area (Å²) < 4.78 is 6.48. The van der Waals surface area contributed by atoms with Gasteiger partial charge in [0.2, 0.25) is 5.91 Å². The van der Waals surface area contributed by atoms with Crippen LogP contribution in [0.2, 0.25) is 0 Å². The minimum atomic E-state index is -0.495. The molecule has 0 bridgehead atoms. The van der Waals surface area contributed by atoms with E-state index in [1.807, 2.05) is 11.0 Å². The van der Waals surface area contributed by atoms with Crippen LogP contribution in [0, 0.1) is 11.8 Å². The van der Waals surface area contributed by atoms with E-state index in [9.17, 15) is 9.59 Å². The monoisotopic (exact) mass is 420 g/mol. The molecular formula is C18H21BrN4O3. The lowest BCUT2D eigenvalue weighted by Crippen LogP contribution is -2.43. The molecule has 7 nitrogen and oxygen atoms in total. The zero-order valence-electron chi connectivity index (χ0n) is 14.6. The minimum absolute atomic E-state index is 0.186. The summed E-state index contributed by atoms with van der Waals surface area (Å²) in [5.41, 5.74) is 1.38. The summed E-state index contributed by atoms with van der Waals surface area (Å²) in [5, 5.41) is 0. The van der Waals surface area contributed by atoms with Gasteiger partial charge in [0.15, 0.2) is 11.8 Å². The van der Waals surface area contributed by atoms with Gasteiger partial charge >= 0.3 is 5.97 Å². The van der Waals surface area contributed by atoms with Crippen molar-refractivity contribution in [3.63, 3.8) is 0 Å². The molecule has 2 unspecified atom stereocenters. The van der Waals surface area contributed by atoms with Crippen LogP contribution in [0.5, 0.6) is 0 Å². The van der Waals surface area contributed by atoms with Gasteiger partial charge in [0.1, 0.15) is 5.82 Å². The van der Waals surface area contributed by atoms with E-state index in [0.717, 1.165) is 42.2 Å². The fourth-order valence-electron chi connectivity index (χ4n) is 3.37. The molecule has 3 heterocycles. The number of aromatic nitrogens is 3. The molecule has 1 aliphatic carbocycles. The van der Waals surface area contributed by atoms with Crippen LogP contribution in [0.15, 0.2) is 16.7 Å². The number of imidazole rings is 1. The number of rotatable bonds is 4. The number of pyridine rings is 1. The highest BCUT2D eigenvalue weighted by Crippen LogP contribution is 2.33. The SMILES string of the molecule is CC(OC(=O)C1CCCN(C(=O)C2CC2)C1)c1nc2ncc(Br)cc2[nH]1. The molecule has 0 aromatic carbocycles. The number of piperidine rings is 1. The Bertz CT molecular complexity index is 848. The number of likely N-dealkylation sites (tertiary alicyclic amines) is 1. The molecule has 1 N–H and O–H groups in total. The van der Waals surface area contributed by atoms with Crippen molar-refractivity contribution in [3.8, 4) is 0 Å². The maximum Gasteiger partial charge on any atom is 0.311 e. The first kappa shape index (κ1) is 17.5. The number of nitrogens with one attached hydrogen (secondary N) is 1. The van der Waals surface area contributed by atoms with E-state index in [0.29, 0.717) is 18.0 Å². The van der Waals surface area contributed by atoms with Gasteiger partial charge in [-0.2, -0.15) is 0 Å². The number of carbonyl (C=O) groups excluding carboxylic acids is 2. The summed E-state index contributed by atoms with van der Waals surface area (Å²) in [6, 6.07) is 1.88. The summed E-state index contributed by atoms with van der Waals surface area (Å²) in [7, 11) is 0. The number of halogens is 1. The third-order valence-electron chi connectivity index (χ3n) is 4.99. The standard InChI is InChI=1S/C18H21BrN4O3/c1-10(15-21-14-7-13(19)8-20-16(14)22-15)26-18(25)12-3-2-6-23(9-12)17(24)11-4-5-11/h7-8,10-12H,2-6,9H2,1H3,(H,20,21,22). The third-order valence-corrected chi connectivity index (χ3v) is 5.43. The number of esters is 1. The molecular weight excluding hydrogens is 400 g/mol. The second-order valence-corrected chi connectivity index (χ2v) is 8.04. The Morgan fingerprint density at radius 2 is 2.15 bits per heavy atom. The van der Waals surface area contributed by atoms with Crippen LogP contribution in [-0.4, -0.2) is 44.8 Å². The third kappa shape index (κ3) is 3.60. The zero-order chi connectivity index (χ0) is 18.3. The lowest BCUT2D eigenvalue weighted by molar-refractivity contribution is -0.157. The smallest absolute Gasteiger partial charge is 0.311 e. The molecule has 26 heavy (non-hydrogen) atoms. The number of H-pyrrole nitrogens is 1. The number of carbonyl (C=O) groups is 2. The normalized spacial score (nSPS) is 21.6. The Balaban J connectivity index is 1.40. The number of amides is 1. The number of ether oxygens (including phenoxy) is 1. The number of hydrogen-bond donors (Lipinski definition) is 1. The van der Waals surface area contributed by atoms with Gasteiger partial charge in [-0.15, -0.1) is 0 Å². The molecule has 2 aromatic heterocycles. The van der Waals surface area contributed by atoms with Crippen LogP contribution < -0.4 is 0 Å². The van der Waals surface area contributed by atoms with Gasteiger partial charge in [0.05, 0.1) is 11.4 Å². The number of nitrogens with zero attached hydrogens (tertiary/aromatic N) is 3. The van der Waals surface area contributed by atoms with Gasteiger partial charge in [0.25, 0.3) is 0 Å². The summed E-state index contributed by atoms with van der Waals surface area (Å²) >= 11 is 3.38. The molecule has 1 saturated heterocycles. The molecule has 1 saturated carbocycles. The van der Waals surface area contributed by atoms with Crippen LogP contribution in [0.25, 0.3) is 11.2 Å². The van der Waals surface area contributed by atoms with Crippen molar-refractivity contribution in [2.24, 2.45) is 11.8 Å². The molecule has 1 aliphatic heterocycles. The number of hydrogen-bond acceptors (Lipinski definition) is 5. The molecule has 138 valence electrons. The van der Waals surface area contributed by atoms with E-state index in [1.165, 1.54) is 0 Å². The Hall–Kier alpha value is -1.96. The van der Waals surface area contributed by atoms with Crippen LogP contribution in [0.3, 0.4) is 0 Å². The lowest BCUT2D eigenvalue weighted by atomic mass is 9.97. The Morgan fingerprint density at radius 3 is 2.92 bits per heavy atom. The summed E-state index contributed by atoms with van der Waals surface area (Å²) in [4.78, 5) is 38.4. The maximum absolute atomic E-state index is 12.6. The zero-order valence-corrected chi connectivity index (χ0v) is 16.2. The molecule has 0 spiro atoms. The Labute approximate surface area is 159 Å². The summed E-state index contributed by atoms with van der Waals surface area (Å²) in [5.74, 6) is 0.433. The summed E-state index contributed by atoms with van der Waals surface area (Å²) in [6.45, 7) is 3.01. The predicted molar refractivity (Wildman–Crippen MR) is 98.1 cm³/mol. The largest absolute Gasteiger partial charge is 0.454 e. The van der Waals surface area contributed by atoms with Gasteiger partial charge in [-0.3, -0.25) is 9.59 Å². The van der Waals surface area contributed by atoms with E-state index in [1.54, 1.807) is 13.1 Å². The average Bonchev–Trinajstić information content (AvgIpc) is 3.40. The average molecular weight is 421 g/mol. The number of aromatic amines is 1. The molecule has 8 heteroatoms. The first-order valence-corrected chi connectivity index (χ1v) is 9.81. The molecule has 2 fully saturated rings. The molecule has 0 radical (unpaired) electrons. The van der Waals surface area contributed by atoms with E-state index in [2.05, 4.69) is 30.9 Å². The highest BCUT2D eigenvalue weighted by molar-refractivity contribution is 9.10. The van der Waals surface area contributed by atoms with Crippen LogP contribution in [0.4, 0.5) is 0 Å². The Morgan fingerprint density at radius 1 is 1.35 bits per heavy atom. The van der Waals surface area contributed by atoms with E-state index >= 15 is 0 Å². The van der Waals surface area contributed by atoms with Crippen molar-refractivity contribution in [3.05, 3.63) is 22.6 Å². The van der Waals surface area contributed by atoms with Crippen molar-refractivity contribution in [2.45, 2.75) is 38.7 Å². The van der Waals surface area contributed by atoms with Crippen molar-refractivity contribution in [1.29, 1.82) is 0 Å². The van der Waals surface area contributed by atoms with Crippen molar-refractivity contribution in [2.75, 3.05) is 13.1 Å². The second kappa shape index (κ2) is 6.98. The fraction of sp³-hybridized carbons (Fsp3) is 0.556. The van der Waals surface area contributed by atoms with Gasteiger partial charge in [0, 0.05) is 29.7 Å². The molecule has 1 amide bonds. The first-order chi connectivity index (χ1) is 12.5. The fourth-order valence-corrected chi connectivity index (χ4v) is 3.70. The van der Waals surface area contributed by atoms with Crippen LogP contribution in [0.1, 0.15) is 44.5 Å². The lowest BCUT2D eigenvalue weighted by Gasteiger charge is -2.32. The Kier molecular flexibility index (Phi) is 4.69. The van der Waals surface area contributed by atoms with Crippen molar-refractivity contribution >= 4 is 39.0 Å². The van der Waals surface area contributed by atoms with Gasteiger partial charge in [-0.1, -0.05) is 0 Å². The molecule has 2 atom stereocenters. The van der Waals surface area contributed by atoms with Gasteiger partial charge < -0.3 is 14.6 Å². The molecule has 2 aromatic rings. The predicted octanol–water partition coefficient (Wildman–Crippen LogP) is 2.97. The van der Waals surface area contributed by atoms with E-state index < -0.39 is 6.10 Å². The van der Waals surface area contributed by atoms with Crippen molar-refractivity contribution in [1.82, 2.24) is 19.9 Å². The van der Waals surface area contributed by atoms with Crippen molar-refractivity contribution < 1.29 is 14.3 Å². The number of fused-ring (bicyclic) bond motifs is 1. The van der Waals surface area contributed by atoms with Crippen LogP contribution >= 0.6 is 15.9 Å². The topological polar surface area (TPSA) is 88.2 Å². The van der Waals surface area contributed by atoms with Gasteiger partial charge in [-0.25, -0.2) is 9.97 Å². The van der Waals surface area contributed by atoms with E-state index in [4.69, 9.17) is 4.74 Å². The highest BCUT2D eigenvalue weighted by atomic mass is 79.9. The van der Waals surface area contributed by atoms with Gasteiger partial charge in [-0.05, 0) is 54.6 Å². The summed E-state index contributed by atoms with van der Waals surface area (Å²) in [6.07, 6.45) is 4.75. The van der Waals surface area contributed by atoms with E-state index in [-0.39, 0.29) is 23.7 Å². The second-order valence-electron chi connectivity index (χ2n) is 7.12. The molecule has 4 rings (SSSR count). The quantitative estimate of drug-likeness (QED) is 0.767. The molecule has 2 aliphatic rings. The van der Waals surface area contributed by atoms with Crippen LogP contribution in [-0.2, 0) is 14.3 Å². The minimum Gasteiger partial charge on any atom is -0.454 e.